The van der Waals surface area contributed by atoms with Crippen LogP contribution in [0.3, 0.4) is 0 Å². The highest BCUT2D eigenvalue weighted by molar-refractivity contribution is 7.48. The van der Waals surface area contributed by atoms with Crippen molar-refractivity contribution in [1.82, 2.24) is 5.32 Å². The molecule has 0 aliphatic carbocycles. The molecule has 1 heterocycles. The average Bonchev–Trinajstić information content (AvgIpc) is 2.61. The fraction of sp³-hybridized carbons (Fsp3) is 0.571. The Morgan fingerprint density at radius 1 is 1.53 bits per heavy atom. The topological polar surface area (TPSA) is 83.1 Å². The number of hydrogen-bond donors (Lipinski definition) is 1. The summed E-state index contributed by atoms with van der Waals surface area (Å²) in [5.74, 6) is 0. The summed E-state index contributed by atoms with van der Waals surface area (Å²) in [4.78, 5) is 10.7. The molecule has 8 heteroatoms. The van der Waals surface area contributed by atoms with Crippen molar-refractivity contribution in [3.63, 3.8) is 0 Å². The number of carbonyl (C=O) groups excluding carboxylic acids is 1. The third kappa shape index (κ3) is 4.44. The number of rotatable bonds is 5. The summed E-state index contributed by atoms with van der Waals surface area (Å²) in [7, 11) is -3.36. The predicted octanol–water partition coefficient (Wildman–Crippen LogP) is 1.03. The van der Waals surface area contributed by atoms with E-state index in [4.69, 9.17) is 13.6 Å². The average molecular weight is 237 g/mol. The molecular formula is C7H12NO6P. The summed E-state index contributed by atoms with van der Waals surface area (Å²) in [6.07, 6.45) is 0.349. The highest BCUT2D eigenvalue weighted by atomic mass is 31.2. The Hall–Kier alpha value is -0.880. The summed E-state index contributed by atoms with van der Waals surface area (Å²) >= 11 is 0. The minimum absolute atomic E-state index is 0.0174. The fourth-order valence-corrected chi connectivity index (χ4v) is 1.97. The molecule has 0 aromatic carbocycles. The van der Waals surface area contributed by atoms with Crippen LogP contribution in [0, 0.1) is 0 Å². The first-order chi connectivity index (χ1) is 7.16. The van der Waals surface area contributed by atoms with Crippen LogP contribution in [0.4, 0.5) is 4.79 Å². The molecule has 1 N–H and O–H groups in total. The summed E-state index contributed by atoms with van der Waals surface area (Å²) in [6, 6.07) is 0. The molecule has 0 aromatic heterocycles. The molecule has 0 radical (unpaired) electrons. The van der Waals surface area contributed by atoms with Gasteiger partial charge in [0.1, 0.15) is 0 Å². The Kier molecular flexibility index (Phi) is 4.77. The fourth-order valence-electron chi connectivity index (χ4n) is 0.838. The lowest BCUT2D eigenvalue weighted by atomic mass is 10.7. The number of nitrogens with one attached hydrogen (secondary N) is 1. The lowest BCUT2D eigenvalue weighted by Gasteiger charge is -2.09. The molecule has 0 unspecified atom stereocenters. The van der Waals surface area contributed by atoms with Crippen molar-refractivity contribution < 1.29 is 27.7 Å². The molecule has 86 valence electrons. The maximum atomic E-state index is 11.4. The maximum Gasteiger partial charge on any atom is 0.475 e. The van der Waals surface area contributed by atoms with Crippen LogP contribution < -0.4 is 5.32 Å². The number of carbonyl (C=O) groups is 1. The quantitative estimate of drug-likeness (QED) is 0.436. The first-order valence-corrected chi connectivity index (χ1v) is 5.71. The van der Waals surface area contributed by atoms with Gasteiger partial charge in [-0.3, -0.25) is 13.6 Å². The molecule has 0 atom stereocenters. The molecule has 1 fully saturated rings. The van der Waals surface area contributed by atoms with Crippen LogP contribution in [0.1, 0.15) is 0 Å². The molecule has 0 saturated carbocycles. The highest BCUT2D eigenvalue weighted by Gasteiger charge is 2.31. The van der Waals surface area contributed by atoms with E-state index in [1.807, 2.05) is 0 Å². The smallest absolute Gasteiger partial charge is 0.419 e. The third-order valence-corrected chi connectivity index (χ3v) is 2.89. The molecule has 1 aliphatic rings. The zero-order chi connectivity index (χ0) is 11.1. The predicted molar refractivity (Wildman–Crippen MR) is 50.1 cm³/mol. The SMILES string of the molecule is C=COC(=O)NCCOP1(=O)OCCO1. The van der Waals surface area contributed by atoms with Gasteiger partial charge in [-0.15, -0.1) is 0 Å². The highest BCUT2D eigenvalue weighted by Crippen LogP contribution is 2.52. The molecule has 7 nitrogen and oxygen atoms in total. The van der Waals surface area contributed by atoms with E-state index in [9.17, 15) is 9.36 Å². The summed E-state index contributed by atoms with van der Waals surface area (Å²) in [5.41, 5.74) is 0. The first-order valence-electron chi connectivity index (χ1n) is 4.25. The number of ether oxygens (including phenoxy) is 1. The number of alkyl carbamates (subject to hydrolysis) is 1. The molecule has 0 spiro atoms. The minimum atomic E-state index is -3.36. The summed E-state index contributed by atoms with van der Waals surface area (Å²) in [5, 5.41) is 2.34. The van der Waals surface area contributed by atoms with E-state index in [0.29, 0.717) is 0 Å². The van der Waals surface area contributed by atoms with Crippen molar-refractivity contribution in [3.8, 4) is 0 Å². The number of phosphoric ester groups is 1. The van der Waals surface area contributed by atoms with Gasteiger partial charge in [0.25, 0.3) is 0 Å². The summed E-state index contributed by atoms with van der Waals surface area (Å²) in [6.45, 7) is 3.87. The van der Waals surface area contributed by atoms with Crippen LogP contribution in [0.25, 0.3) is 0 Å². The van der Waals surface area contributed by atoms with Gasteiger partial charge in [-0.2, -0.15) is 0 Å². The lowest BCUT2D eigenvalue weighted by molar-refractivity contribution is 0.171. The van der Waals surface area contributed by atoms with Crippen molar-refractivity contribution in [1.29, 1.82) is 0 Å². The lowest BCUT2D eigenvalue weighted by Crippen LogP contribution is -2.26. The van der Waals surface area contributed by atoms with Gasteiger partial charge in [-0.25, -0.2) is 9.36 Å². The van der Waals surface area contributed by atoms with Gasteiger partial charge in [0.15, 0.2) is 0 Å². The molecule has 1 aliphatic heterocycles. The molecule has 15 heavy (non-hydrogen) atoms. The van der Waals surface area contributed by atoms with Crippen molar-refractivity contribution in [2.45, 2.75) is 0 Å². The Morgan fingerprint density at radius 2 is 2.20 bits per heavy atom. The van der Waals surface area contributed by atoms with Crippen LogP contribution in [0.2, 0.25) is 0 Å². The number of amides is 1. The van der Waals surface area contributed by atoms with Crippen LogP contribution in [-0.4, -0.2) is 32.5 Å². The molecule has 1 amide bonds. The van der Waals surface area contributed by atoms with Gasteiger partial charge < -0.3 is 10.1 Å². The van der Waals surface area contributed by atoms with E-state index < -0.39 is 13.9 Å². The second-order valence-corrected chi connectivity index (χ2v) is 4.11. The Balaban J connectivity index is 2.08. The van der Waals surface area contributed by atoms with Crippen molar-refractivity contribution in [2.75, 3.05) is 26.4 Å². The largest absolute Gasteiger partial charge is 0.475 e. The van der Waals surface area contributed by atoms with E-state index in [0.717, 1.165) is 6.26 Å². The molecule has 0 bridgehead atoms. The van der Waals surface area contributed by atoms with Crippen LogP contribution in [0.15, 0.2) is 12.8 Å². The zero-order valence-corrected chi connectivity index (χ0v) is 8.90. The normalized spacial score (nSPS) is 18.4. The second kappa shape index (κ2) is 5.87. The Labute approximate surface area is 86.9 Å². The van der Waals surface area contributed by atoms with Crippen molar-refractivity contribution in [2.24, 2.45) is 0 Å². The van der Waals surface area contributed by atoms with Crippen molar-refractivity contribution in [3.05, 3.63) is 12.8 Å². The molecular weight excluding hydrogens is 225 g/mol. The van der Waals surface area contributed by atoms with Crippen LogP contribution >= 0.6 is 7.82 Å². The van der Waals surface area contributed by atoms with Gasteiger partial charge in [-0.1, -0.05) is 6.58 Å². The summed E-state index contributed by atoms with van der Waals surface area (Å²) < 4.78 is 30.0. The monoisotopic (exact) mass is 237 g/mol. The van der Waals surface area contributed by atoms with Crippen LogP contribution in [0.5, 0.6) is 0 Å². The Morgan fingerprint density at radius 3 is 2.80 bits per heavy atom. The molecule has 1 rings (SSSR count). The van der Waals surface area contributed by atoms with Gasteiger partial charge in [0, 0.05) is 6.54 Å². The molecule has 0 aromatic rings. The number of phosphoric acid groups is 1. The van der Waals surface area contributed by atoms with E-state index in [-0.39, 0.29) is 26.4 Å². The third-order valence-electron chi connectivity index (χ3n) is 1.39. The van der Waals surface area contributed by atoms with Gasteiger partial charge >= 0.3 is 13.9 Å². The van der Waals surface area contributed by atoms with Gasteiger partial charge in [0.2, 0.25) is 0 Å². The van der Waals surface area contributed by atoms with E-state index in [1.54, 1.807) is 0 Å². The second-order valence-electron chi connectivity index (χ2n) is 2.45. The minimum Gasteiger partial charge on any atom is -0.419 e. The van der Waals surface area contributed by atoms with Crippen LogP contribution in [-0.2, 0) is 22.9 Å². The standard InChI is InChI=1S/C7H12NO6P/c1-2-11-7(9)8-3-4-12-15(10)13-5-6-14-15/h2H,1,3-6H2,(H,8,9). The van der Waals surface area contributed by atoms with Gasteiger partial charge in [-0.05, 0) is 0 Å². The zero-order valence-electron chi connectivity index (χ0n) is 8.01. The number of hydrogen-bond acceptors (Lipinski definition) is 6. The van der Waals surface area contributed by atoms with Gasteiger partial charge in [0.05, 0.1) is 26.1 Å². The molecule has 1 saturated heterocycles. The van der Waals surface area contributed by atoms with E-state index in [1.165, 1.54) is 0 Å². The van der Waals surface area contributed by atoms with E-state index >= 15 is 0 Å². The Bertz CT molecular complexity index is 271. The first kappa shape index (κ1) is 12.2. The maximum absolute atomic E-state index is 11.4. The van der Waals surface area contributed by atoms with Crippen molar-refractivity contribution >= 4 is 13.9 Å². The van der Waals surface area contributed by atoms with E-state index in [2.05, 4.69) is 16.6 Å².